The van der Waals surface area contributed by atoms with Crippen LogP contribution in [0.5, 0.6) is 0 Å². The molecule has 1 heterocycles. The largest absolute Gasteiger partial charge is 0.424 e. The fourth-order valence-corrected chi connectivity index (χ4v) is 2.84. The molecule has 1 aromatic carbocycles. The van der Waals surface area contributed by atoms with Crippen LogP contribution in [-0.4, -0.2) is 10.2 Å². The summed E-state index contributed by atoms with van der Waals surface area (Å²) in [6.45, 7) is 2.78. The second kappa shape index (κ2) is 6.06. The van der Waals surface area contributed by atoms with Crippen molar-refractivity contribution in [3.8, 4) is 0 Å². The molecule has 1 N–H and O–H groups in total. The van der Waals surface area contributed by atoms with Gasteiger partial charge >= 0.3 is 0 Å². The Labute approximate surface area is 127 Å². The van der Waals surface area contributed by atoms with E-state index in [9.17, 15) is 0 Å². The lowest BCUT2D eigenvalue weighted by Gasteiger charge is -2.17. The molecule has 1 aliphatic rings. The smallest absolute Gasteiger partial charge is 0.230 e. The monoisotopic (exact) mass is 335 g/mol. The van der Waals surface area contributed by atoms with E-state index in [0.717, 1.165) is 16.8 Å². The van der Waals surface area contributed by atoms with Crippen molar-refractivity contribution >= 4 is 15.9 Å². The van der Waals surface area contributed by atoms with Crippen LogP contribution in [0, 0.1) is 0 Å². The highest BCUT2D eigenvalue weighted by Gasteiger charge is 2.29. The number of nitrogens with one attached hydrogen (secondary N) is 1. The van der Waals surface area contributed by atoms with Crippen LogP contribution >= 0.6 is 15.9 Å². The quantitative estimate of drug-likeness (QED) is 0.868. The third-order valence-corrected chi connectivity index (χ3v) is 4.32. The van der Waals surface area contributed by atoms with Crippen molar-refractivity contribution in [2.24, 2.45) is 0 Å². The second-order valence-corrected chi connectivity index (χ2v) is 6.03. The minimum Gasteiger partial charge on any atom is -0.424 e. The van der Waals surface area contributed by atoms with Gasteiger partial charge in [-0.05, 0) is 30.9 Å². The molecule has 0 radical (unpaired) electrons. The lowest BCUT2D eigenvalue weighted by atomic mass is 10.0. The summed E-state index contributed by atoms with van der Waals surface area (Å²) in [6, 6.07) is 8.57. The van der Waals surface area contributed by atoms with E-state index in [-0.39, 0.29) is 6.04 Å². The van der Waals surface area contributed by atoms with Gasteiger partial charge < -0.3 is 9.73 Å². The van der Waals surface area contributed by atoms with E-state index in [0.29, 0.717) is 18.4 Å². The normalized spacial score (nSPS) is 16.3. The van der Waals surface area contributed by atoms with Crippen molar-refractivity contribution in [2.45, 2.75) is 44.7 Å². The topological polar surface area (TPSA) is 51.0 Å². The zero-order chi connectivity index (χ0) is 13.9. The number of nitrogens with zero attached hydrogens (tertiary/aromatic N) is 2. The Morgan fingerprint density at radius 3 is 2.85 bits per heavy atom. The Morgan fingerprint density at radius 2 is 2.15 bits per heavy atom. The Bertz CT molecular complexity index is 580. The molecule has 1 aliphatic carbocycles. The number of rotatable bonds is 6. The van der Waals surface area contributed by atoms with Crippen LogP contribution in [0.3, 0.4) is 0 Å². The molecule has 3 rings (SSSR count). The molecule has 0 aliphatic heterocycles. The number of hydrogen-bond donors (Lipinski definition) is 1. The van der Waals surface area contributed by atoms with E-state index < -0.39 is 0 Å². The Kier molecular flexibility index (Phi) is 4.17. The van der Waals surface area contributed by atoms with Crippen LogP contribution in [0.2, 0.25) is 0 Å². The van der Waals surface area contributed by atoms with Gasteiger partial charge in [-0.25, -0.2) is 0 Å². The number of hydrogen-bond acceptors (Lipinski definition) is 4. The maximum Gasteiger partial charge on any atom is 0.230 e. The molecular weight excluding hydrogens is 318 g/mol. The minimum absolute atomic E-state index is 0.279. The summed E-state index contributed by atoms with van der Waals surface area (Å²) in [6.07, 6.45) is 3.37. The number of benzene rings is 1. The van der Waals surface area contributed by atoms with Crippen molar-refractivity contribution < 1.29 is 4.42 Å². The molecule has 1 aromatic heterocycles. The summed E-state index contributed by atoms with van der Waals surface area (Å²) in [5.41, 5.74) is 1.26. The van der Waals surface area contributed by atoms with Gasteiger partial charge in [0.15, 0.2) is 0 Å². The van der Waals surface area contributed by atoms with Gasteiger partial charge in [-0.2, -0.15) is 0 Å². The Morgan fingerprint density at radius 1 is 1.35 bits per heavy atom. The number of aromatic nitrogens is 2. The van der Waals surface area contributed by atoms with Gasteiger partial charge in [0.25, 0.3) is 0 Å². The third-order valence-electron chi connectivity index (χ3n) is 3.60. The third kappa shape index (κ3) is 3.10. The van der Waals surface area contributed by atoms with Gasteiger partial charge in [0.2, 0.25) is 11.8 Å². The lowest BCUT2D eigenvalue weighted by molar-refractivity contribution is 0.409. The summed E-state index contributed by atoms with van der Waals surface area (Å²) in [7, 11) is 0. The molecule has 4 nitrogen and oxygen atoms in total. The van der Waals surface area contributed by atoms with Gasteiger partial charge in [0.05, 0.1) is 6.54 Å². The predicted molar refractivity (Wildman–Crippen MR) is 80.3 cm³/mol. The van der Waals surface area contributed by atoms with Crippen molar-refractivity contribution in [1.29, 1.82) is 0 Å². The minimum atomic E-state index is 0.279. The molecule has 5 heteroatoms. The summed E-state index contributed by atoms with van der Waals surface area (Å²) in [4.78, 5) is 0. The molecule has 0 amide bonds. The first-order chi connectivity index (χ1) is 9.78. The maximum atomic E-state index is 5.67. The lowest BCUT2D eigenvalue weighted by Crippen LogP contribution is -2.20. The first-order valence-corrected chi connectivity index (χ1v) is 7.87. The van der Waals surface area contributed by atoms with E-state index in [2.05, 4.69) is 56.6 Å². The molecule has 0 bridgehead atoms. The average molecular weight is 336 g/mol. The van der Waals surface area contributed by atoms with E-state index in [1.54, 1.807) is 0 Å². The molecule has 20 heavy (non-hydrogen) atoms. The van der Waals surface area contributed by atoms with E-state index in [1.165, 1.54) is 18.4 Å². The van der Waals surface area contributed by atoms with Gasteiger partial charge in [-0.15, -0.1) is 10.2 Å². The SMILES string of the molecule is CC[C@H](NCc1nnc(C2CC2)o1)c1ccccc1Br. The molecule has 1 saturated carbocycles. The van der Waals surface area contributed by atoms with Crippen LogP contribution in [-0.2, 0) is 6.54 Å². The molecular formula is C15H18BrN3O. The highest BCUT2D eigenvalue weighted by atomic mass is 79.9. The summed E-state index contributed by atoms with van der Waals surface area (Å²) in [5.74, 6) is 2.00. The van der Waals surface area contributed by atoms with Crippen molar-refractivity contribution in [1.82, 2.24) is 15.5 Å². The van der Waals surface area contributed by atoms with Crippen LogP contribution < -0.4 is 5.32 Å². The Hall–Kier alpha value is -1.20. The van der Waals surface area contributed by atoms with E-state index in [4.69, 9.17) is 4.42 Å². The molecule has 0 saturated heterocycles. The Balaban J connectivity index is 1.64. The molecule has 1 fully saturated rings. The molecule has 0 spiro atoms. The fourth-order valence-electron chi connectivity index (χ4n) is 2.28. The van der Waals surface area contributed by atoms with Crippen LogP contribution in [0.25, 0.3) is 0 Å². The zero-order valence-corrected chi connectivity index (χ0v) is 13.1. The average Bonchev–Trinajstić information content (AvgIpc) is 3.21. The van der Waals surface area contributed by atoms with Gasteiger partial charge in [-0.1, -0.05) is 41.1 Å². The summed E-state index contributed by atoms with van der Waals surface area (Å²) >= 11 is 3.60. The zero-order valence-electron chi connectivity index (χ0n) is 11.5. The summed E-state index contributed by atoms with van der Waals surface area (Å²) in [5, 5.41) is 11.7. The predicted octanol–water partition coefficient (Wildman–Crippen LogP) is 3.95. The molecule has 1 atom stereocenters. The molecule has 106 valence electrons. The van der Waals surface area contributed by atoms with Gasteiger partial charge in [0.1, 0.15) is 0 Å². The van der Waals surface area contributed by atoms with Crippen LogP contribution in [0.15, 0.2) is 33.2 Å². The van der Waals surface area contributed by atoms with Gasteiger partial charge in [0, 0.05) is 16.4 Å². The van der Waals surface area contributed by atoms with Gasteiger partial charge in [-0.3, -0.25) is 0 Å². The van der Waals surface area contributed by atoms with E-state index >= 15 is 0 Å². The highest BCUT2D eigenvalue weighted by Crippen LogP contribution is 2.39. The number of halogens is 1. The van der Waals surface area contributed by atoms with Crippen LogP contribution in [0.1, 0.15) is 55.5 Å². The molecule has 2 aromatic rings. The standard InChI is InChI=1S/C15H18BrN3O/c1-2-13(11-5-3-4-6-12(11)16)17-9-14-18-19-15(20-14)10-7-8-10/h3-6,10,13,17H,2,7-9H2,1H3/t13-/m0/s1. The van der Waals surface area contributed by atoms with Crippen molar-refractivity contribution in [3.05, 3.63) is 46.1 Å². The van der Waals surface area contributed by atoms with Crippen molar-refractivity contribution in [3.63, 3.8) is 0 Å². The first-order valence-electron chi connectivity index (χ1n) is 7.08. The van der Waals surface area contributed by atoms with E-state index in [1.807, 2.05) is 6.07 Å². The van der Waals surface area contributed by atoms with Crippen molar-refractivity contribution in [2.75, 3.05) is 0 Å². The fraction of sp³-hybridized carbons (Fsp3) is 0.467. The highest BCUT2D eigenvalue weighted by molar-refractivity contribution is 9.10. The molecule has 0 unspecified atom stereocenters. The maximum absolute atomic E-state index is 5.67. The second-order valence-electron chi connectivity index (χ2n) is 5.17. The summed E-state index contributed by atoms with van der Waals surface area (Å²) < 4.78 is 6.80. The first kappa shape index (κ1) is 13.8. The van der Waals surface area contributed by atoms with Crippen LogP contribution in [0.4, 0.5) is 0 Å².